The zero-order valence-electron chi connectivity index (χ0n) is 14.4. The van der Waals surface area contributed by atoms with E-state index in [1.807, 2.05) is 85.8 Å². The van der Waals surface area contributed by atoms with Gasteiger partial charge in [0.2, 0.25) is 0 Å². The van der Waals surface area contributed by atoms with Crippen molar-refractivity contribution in [2.75, 3.05) is 11.4 Å². The number of hydrogen-bond donors (Lipinski definition) is 0. The van der Waals surface area contributed by atoms with E-state index in [4.69, 9.17) is 0 Å². The Morgan fingerprint density at radius 1 is 0.923 bits per heavy atom. The molecule has 3 aromatic carbocycles. The van der Waals surface area contributed by atoms with Crippen molar-refractivity contribution in [1.29, 1.82) is 0 Å². The number of carbonyl (C=O) groups is 1. The van der Waals surface area contributed by atoms with Gasteiger partial charge in [-0.2, -0.15) is 0 Å². The summed E-state index contributed by atoms with van der Waals surface area (Å²) in [6.45, 7) is 2.35. The van der Waals surface area contributed by atoms with Crippen molar-refractivity contribution in [2.45, 2.75) is 6.92 Å². The summed E-state index contributed by atoms with van der Waals surface area (Å²) in [5, 5.41) is 0. The fraction of sp³-hybridized carbons (Fsp3) is 0.0870. The fourth-order valence-corrected chi connectivity index (χ4v) is 3.27. The topological polar surface area (TPSA) is 20.3 Å². The lowest BCUT2D eigenvalue weighted by atomic mass is 10.1. The second-order valence-electron chi connectivity index (χ2n) is 5.83. The van der Waals surface area contributed by atoms with Crippen molar-refractivity contribution >= 4 is 34.2 Å². The molecule has 3 rings (SSSR count). The molecule has 0 heterocycles. The van der Waals surface area contributed by atoms with E-state index in [2.05, 4.69) is 34.4 Å². The molecule has 0 aliphatic rings. The van der Waals surface area contributed by atoms with Gasteiger partial charge in [-0.1, -0.05) is 60.4 Å². The molecule has 0 aliphatic heterocycles. The van der Waals surface area contributed by atoms with E-state index >= 15 is 0 Å². The van der Waals surface area contributed by atoms with Gasteiger partial charge in [-0.3, -0.25) is 9.69 Å². The summed E-state index contributed by atoms with van der Waals surface area (Å²) in [6, 6.07) is 25.3. The fourth-order valence-electron chi connectivity index (χ4n) is 2.65. The standard InChI is InChI=1S/C23H18INO/c1-18-10-5-8-16-22(18)25(17-9-13-19-11-3-2-4-12-19)23(26)20-14-6-7-15-21(20)24/h2-8,10-12,14-16H,17H2,1H3. The first kappa shape index (κ1) is 18.2. The Hall–Kier alpha value is -2.58. The lowest BCUT2D eigenvalue weighted by Crippen LogP contribution is -2.32. The van der Waals surface area contributed by atoms with E-state index in [0.717, 1.165) is 20.4 Å². The maximum atomic E-state index is 13.2. The number of anilines is 1. The molecule has 2 nitrogen and oxygen atoms in total. The van der Waals surface area contributed by atoms with Gasteiger partial charge in [0.15, 0.2) is 0 Å². The zero-order chi connectivity index (χ0) is 18.4. The van der Waals surface area contributed by atoms with Crippen molar-refractivity contribution in [3.63, 3.8) is 0 Å². The van der Waals surface area contributed by atoms with Crippen LogP contribution in [-0.4, -0.2) is 12.5 Å². The number of amides is 1. The second-order valence-corrected chi connectivity index (χ2v) is 6.99. The highest BCUT2D eigenvalue weighted by Gasteiger charge is 2.20. The Morgan fingerprint density at radius 2 is 1.58 bits per heavy atom. The molecule has 3 aromatic rings. The number of hydrogen-bond acceptors (Lipinski definition) is 1. The van der Waals surface area contributed by atoms with Crippen LogP contribution < -0.4 is 4.90 Å². The van der Waals surface area contributed by atoms with Gasteiger partial charge in [-0.15, -0.1) is 0 Å². The van der Waals surface area contributed by atoms with Gasteiger partial charge in [0.1, 0.15) is 0 Å². The molecule has 0 aliphatic carbocycles. The summed E-state index contributed by atoms with van der Waals surface area (Å²) < 4.78 is 0.935. The number of carbonyl (C=O) groups excluding carboxylic acids is 1. The quantitative estimate of drug-likeness (QED) is 0.391. The summed E-state index contributed by atoms with van der Waals surface area (Å²) in [5.41, 5.74) is 3.57. The zero-order valence-corrected chi connectivity index (χ0v) is 16.6. The Balaban J connectivity index is 1.95. The minimum absolute atomic E-state index is 0.0355. The van der Waals surface area contributed by atoms with Crippen LogP contribution in [0.3, 0.4) is 0 Å². The van der Waals surface area contributed by atoms with Gasteiger partial charge in [-0.25, -0.2) is 0 Å². The minimum atomic E-state index is -0.0355. The van der Waals surface area contributed by atoms with Gasteiger partial charge in [0, 0.05) is 14.8 Å². The number of benzene rings is 3. The van der Waals surface area contributed by atoms with Crippen LogP contribution in [0.2, 0.25) is 0 Å². The molecule has 0 bridgehead atoms. The van der Waals surface area contributed by atoms with E-state index in [0.29, 0.717) is 12.1 Å². The largest absolute Gasteiger partial charge is 0.296 e. The summed E-state index contributed by atoms with van der Waals surface area (Å²) in [6.07, 6.45) is 0. The van der Waals surface area contributed by atoms with Crippen LogP contribution in [-0.2, 0) is 0 Å². The van der Waals surface area contributed by atoms with Gasteiger partial charge in [0.05, 0.1) is 12.1 Å². The molecule has 0 saturated carbocycles. The average molecular weight is 451 g/mol. The monoisotopic (exact) mass is 451 g/mol. The highest BCUT2D eigenvalue weighted by molar-refractivity contribution is 14.1. The molecule has 0 N–H and O–H groups in total. The molecule has 0 spiro atoms. The first-order valence-electron chi connectivity index (χ1n) is 8.33. The summed E-state index contributed by atoms with van der Waals surface area (Å²) in [7, 11) is 0. The summed E-state index contributed by atoms with van der Waals surface area (Å²) in [4.78, 5) is 15.0. The third-order valence-electron chi connectivity index (χ3n) is 4.00. The SMILES string of the molecule is Cc1ccccc1N(CC#Cc1ccccc1)C(=O)c1ccccc1I. The molecular formula is C23H18INO. The van der Waals surface area contributed by atoms with Crippen molar-refractivity contribution in [3.8, 4) is 11.8 Å². The Bertz CT molecular complexity index is 970. The van der Waals surface area contributed by atoms with Crippen LogP contribution in [0.4, 0.5) is 5.69 Å². The number of rotatable bonds is 3. The van der Waals surface area contributed by atoms with E-state index in [1.54, 1.807) is 4.90 Å². The van der Waals surface area contributed by atoms with E-state index in [9.17, 15) is 4.79 Å². The van der Waals surface area contributed by atoms with E-state index < -0.39 is 0 Å². The first-order valence-corrected chi connectivity index (χ1v) is 9.40. The van der Waals surface area contributed by atoms with Crippen LogP contribution in [0.5, 0.6) is 0 Å². The molecule has 0 saturated heterocycles. The second kappa shape index (κ2) is 8.68. The van der Waals surface area contributed by atoms with Crippen molar-refractivity contribution in [1.82, 2.24) is 0 Å². The highest BCUT2D eigenvalue weighted by atomic mass is 127. The van der Waals surface area contributed by atoms with E-state index in [1.165, 1.54) is 0 Å². The van der Waals surface area contributed by atoms with Crippen molar-refractivity contribution in [3.05, 3.63) is 99.1 Å². The van der Waals surface area contributed by atoms with Gasteiger partial charge < -0.3 is 0 Å². The molecule has 0 unspecified atom stereocenters. The Kier molecular flexibility index (Phi) is 6.08. The normalized spacial score (nSPS) is 9.92. The van der Waals surface area contributed by atoms with Crippen LogP contribution in [0.15, 0.2) is 78.9 Å². The number of aryl methyl sites for hydroxylation is 1. The van der Waals surface area contributed by atoms with Gasteiger partial charge in [0.25, 0.3) is 5.91 Å². The Labute approximate surface area is 168 Å². The number of nitrogens with zero attached hydrogens (tertiary/aromatic N) is 1. The number of halogens is 1. The predicted molar refractivity (Wildman–Crippen MR) is 115 cm³/mol. The minimum Gasteiger partial charge on any atom is -0.296 e. The van der Waals surface area contributed by atoms with Gasteiger partial charge >= 0.3 is 0 Å². The highest BCUT2D eigenvalue weighted by Crippen LogP contribution is 2.23. The third kappa shape index (κ3) is 4.33. The Morgan fingerprint density at radius 3 is 2.31 bits per heavy atom. The van der Waals surface area contributed by atoms with Crippen LogP contribution in [0.1, 0.15) is 21.5 Å². The van der Waals surface area contributed by atoms with Gasteiger partial charge in [-0.05, 0) is 65.4 Å². The summed E-state index contributed by atoms with van der Waals surface area (Å²) >= 11 is 2.20. The summed E-state index contributed by atoms with van der Waals surface area (Å²) in [5.74, 6) is 6.25. The van der Waals surface area contributed by atoms with Crippen molar-refractivity contribution in [2.24, 2.45) is 0 Å². The molecule has 0 atom stereocenters. The van der Waals surface area contributed by atoms with Crippen molar-refractivity contribution < 1.29 is 4.79 Å². The molecule has 0 radical (unpaired) electrons. The third-order valence-corrected chi connectivity index (χ3v) is 4.94. The predicted octanol–water partition coefficient (Wildman–Crippen LogP) is 5.30. The molecule has 0 aromatic heterocycles. The average Bonchev–Trinajstić information content (AvgIpc) is 2.67. The maximum Gasteiger partial charge on any atom is 0.260 e. The van der Waals surface area contributed by atoms with Crippen LogP contribution in [0.25, 0.3) is 0 Å². The number of para-hydroxylation sites is 1. The van der Waals surface area contributed by atoms with Crippen LogP contribution >= 0.6 is 22.6 Å². The van der Waals surface area contributed by atoms with Crippen LogP contribution in [0, 0.1) is 22.3 Å². The first-order chi connectivity index (χ1) is 12.7. The van der Waals surface area contributed by atoms with E-state index in [-0.39, 0.29) is 5.91 Å². The maximum absolute atomic E-state index is 13.2. The lowest BCUT2D eigenvalue weighted by Gasteiger charge is -2.23. The lowest BCUT2D eigenvalue weighted by molar-refractivity contribution is 0.0989. The molecular weight excluding hydrogens is 433 g/mol. The molecule has 3 heteroatoms. The molecule has 1 amide bonds. The molecule has 26 heavy (non-hydrogen) atoms. The smallest absolute Gasteiger partial charge is 0.260 e. The molecule has 0 fully saturated rings. The molecule has 128 valence electrons.